The summed E-state index contributed by atoms with van der Waals surface area (Å²) in [5.41, 5.74) is 7.30. The van der Waals surface area contributed by atoms with E-state index in [1.807, 2.05) is 0 Å². The molecule has 43 heteroatoms. The zero-order valence-corrected chi connectivity index (χ0v) is 77.9. The molecule has 0 aliphatic carbocycles. The number of aromatic nitrogens is 1. The number of benzene rings is 6. The lowest BCUT2D eigenvalue weighted by molar-refractivity contribution is -0.152. The highest BCUT2D eigenvalue weighted by Crippen LogP contribution is 2.30. The summed E-state index contributed by atoms with van der Waals surface area (Å²) < 4.78 is 45.1. The molecule has 0 unspecified atom stereocenters. The van der Waals surface area contributed by atoms with Crippen LogP contribution in [0.2, 0.25) is 0 Å². The minimum absolute atomic E-state index is 0.162. The van der Waals surface area contributed by atoms with Crippen molar-refractivity contribution in [1.82, 2.24) is 77.3 Å². The number of rotatable bonds is 24. The fourth-order valence-electron chi connectivity index (χ4n) is 16.8. The van der Waals surface area contributed by atoms with Gasteiger partial charge in [-0.05, 0) is 94.6 Å². The number of amides is 15. The number of aromatic amines is 1. The number of hydrogen-bond acceptors (Lipinski definition) is 22. The first kappa shape index (κ1) is 107. The minimum atomic E-state index is -2.07. The fourth-order valence-corrected chi connectivity index (χ4v) is 17.7. The van der Waals surface area contributed by atoms with Gasteiger partial charge in [0.2, 0.25) is 88.6 Å². The van der Waals surface area contributed by atoms with Gasteiger partial charge >= 0.3 is 11.9 Å². The lowest BCUT2D eigenvalue weighted by Crippen LogP contribution is -2.62. The van der Waals surface area contributed by atoms with Crippen molar-refractivity contribution >= 4 is 123 Å². The Bertz CT molecular complexity index is 5610. The van der Waals surface area contributed by atoms with E-state index in [1.165, 1.54) is 82.7 Å². The molecule has 6 aromatic carbocycles. The first-order valence-corrected chi connectivity index (χ1v) is 46.3. The molecule has 3 aliphatic rings. The first-order chi connectivity index (χ1) is 66.1. The predicted octanol–water partition coefficient (Wildman–Crippen LogP) is 0.569. The molecule has 139 heavy (non-hydrogen) atoms. The summed E-state index contributed by atoms with van der Waals surface area (Å²) in [7, 11) is 3.55. The molecule has 3 saturated heterocycles. The van der Waals surface area contributed by atoms with E-state index < -0.39 is 309 Å². The molecule has 0 spiro atoms. The fraction of sp³-hybridized carbons (Fsp3) is 0.427. The number of aliphatic hydroxyl groups is 2. The Morgan fingerprint density at radius 3 is 1.50 bits per heavy atom. The van der Waals surface area contributed by atoms with Crippen molar-refractivity contribution in [2.45, 2.75) is 201 Å². The summed E-state index contributed by atoms with van der Waals surface area (Å²) in [5.74, 6) is -28.0. The third kappa shape index (κ3) is 29.3. The molecule has 4 heterocycles. The van der Waals surface area contributed by atoms with Crippen LogP contribution in [0.1, 0.15) is 106 Å². The monoisotopic (exact) mass is 1950 g/mol. The van der Waals surface area contributed by atoms with Crippen LogP contribution in [-0.4, -0.2) is 304 Å². The van der Waals surface area contributed by atoms with Gasteiger partial charge in [-0.15, -0.1) is 11.8 Å². The molecule has 15 atom stereocenters. The quantitative estimate of drug-likeness (QED) is 0.0368. The van der Waals surface area contributed by atoms with Crippen LogP contribution in [0.15, 0.2) is 152 Å². The number of carbonyl (C=O) groups excluding carboxylic acids is 15. The Hall–Kier alpha value is -14.5. The van der Waals surface area contributed by atoms with Gasteiger partial charge in [-0.2, -0.15) is 0 Å². The number of phenolic OH excluding ortho intramolecular Hbond substituents is 2. The molecule has 39 nitrogen and oxygen atoms in total. The second-order valence-electron chi connectivity index (χ2n) is 35.0. The number of aliphatic carboxylic acids is 2. The summed E-state index contributed by atoms with van der Waals surface area (Å²) in [6.45, 7) is 2.71. The van der Waals surface area contributed by atoms with Gasteiger partial charge in [-0.1, -0.05) is 137 Å². The van der Waals surface area contributed by atoms with Crippen molar-refractivity contribution in [3.05, 3.63) is 203 Å². The standard InChI is InChI=1S/C96H115F3N16O23S/c1-7-8-23-73-95(137)115-48-61(119)43-76(115)91(133)107-69(44-81(124)125)88(130)110-83(51(2)3)96(138)112(5)74(39-52-17-11-9-12-18-52)89(131)108-71(37-55-26-30-59(117)31-27-55)93(135)114-47-60(118)42-75(114)90(132)106-68(41-57-45-101-65-22-16-15-21-62(57)65)87(129)105-67(36-54-24-28-58(116)29-25-54)86(128)104-66(32-33-80(122)123)85(127)109-72(84(126)102-46-78(100)120)49-139-50-79(121)103-70(38-56-34-63(97)82(99)64(98)35-56)92(134)113(6)77(94(136)111(73)4)40-53-19-13-10-14-20-53/h9-22,24-31,34-35,45,51,60-61,66-77,83,101,116-119H,7-8,23,32-33,36-44,46-50H2,1-6H3,(H2,100,120)(H,102,126)(H,103,121)(H,104,128)(H,105,129)(H,106,132)(H,107,133)(H,108,131)(H,109,127)(H,110,130)(H,122,123)(H,124,125)/t60-,61-,66+,67+,68+,69+,70+,71+,72+,73+,74+,75-,76-,77+,83+/m1/s1. The van der Waals surface area contributed by atoms with E-state index in [4.69, 9.17) is 5.73 Å². The van der Waals surface area contributed by atoms with Crippen molar-refractivity contribution in [1.29, 1.82) is 0 Å². The molecule has 0 radical (unpaired) electrons. The predicted molar refractivity (Wildman–Crippen MR) is 496 cm³/mol. The zero-order valence-electron chi connectivity index (χ0n) is 77.1. The van der Waals surface area contributed by atoms with Gasteiger partial charge in [0, 0.05) is 115 Å². The maximum Gasteiger partial charge on any atom is 0.305 e. The second-order valence-corrected chi connectivity index (χ2v) is 36.1. The smallest absolute Gasteiger partial charge is 0.305 e. The molecule has 0 bridgehead atoms. The number of fused-ring (bicyclic) bond motifs is 3. The number of halogens is 3. The zero-order chi connectivity index (χ0) is 101. The summed E-state index contributed by atoms with van der Waals surface area (Å²) in [5, 5.41) is 87.6. The van der Waals surface area contributed by atoms with Gasteiger partial charge in [0.25, 0.3) is 0 Å². The third-order valence-corrected chi connectivity index (χ3v) is 25.4. The number of phenols is 2. The van der Waals surface area contributed by atoms with E-state index in [9.17, 15) is 73.4 Å². The number of nitrogens with one attached hydrogen (secondary N) is 10. The number of carboxylic acid groups (broad SMARTS) is 2. The van der Waals surface area contributed by atoms with Crippen molar-refractivity contribution < 1.29 is 125 Å². The summed E-state index contributed by atoms with van der Waals surface area (Å²) in [6, 6.07) is 11.4. The third-order valence-electron chi connectivity index (χ3n) is 24.4. The maximum absolute atomic E-state index is 15.8. The second kappa shape index (κ2) is 49.5. The number of aromatic hydroxyl groups is 2. The number of nitrogens with two attached hydrogens (primary N) is 1. The van der Waals surface area contributed by atoms with Gasteiger partial charge < -0.3 is 114 Å². The number of H-pyrrole nitrogens is 1. The van der Waals surface area contributed by atoms with Crippen LogP contribution >= 0.6 is 11.8 Å². The van der Waals surface area contributed by atoms with E-state index in [2.05, 4.69) is 52.8 Å². The summed E-state index contributed by atoms with van der Waals surface area (Å²) in [4.78, 5) is 259. The number of thioether (sulfide) groups is 1. The SMILES string of the molecule is CCCC[C@H]1C(=O)N2C[C@H](O)C[C@@H]2C(=O)N[C@@H](CC(=O)O)C(=O)N[C@@H](C(C)C)C(=O)N(C)[C@@H](Cc2ccccc2)C(=O)N[C@@H](Cc2ccc(O)cc2)C(=O)N2C[C@H](O)C[C@@H]2C(=O)N[C@@H](Cc2c[nH]c3ccccc23)C(=O)N[C@@H](Cc2ccc(O)cc2)C(=O)N[C@@H](CCC(=O)O)C(=O)N[C@H](C(=O)NCC(N)=O)CSCC(=O)N[C@@H](Cc2cc(F)c(F)c(F)c2)C(=O)N(C)[C@@H](Cc2ccccc2)C(=O)N1C. The molecule has 18 N–H and O–H groups in total. The van der Waals surface area contributed by atoms with E-state index in [0.29, 0.717) is 63.5 Å². The number of aliphatic hydroxyl groups excluding tert-OH is 2. The van der Waals surface area contributed by atoms with Crippen LogP contribution in [0, 0.1) is 23.4 Å². The number of hydrogen-bond donors (Lipinski definition) is 17. The normalized spacial score (nSPS) is 24.1. The van der Waals surface area contributed by atoms with Gasteiger partial charge in [0.05, 0.1) is 30.9 Å². The van der Waals surface area contributed by atoms with Crippen LogP contribution in [0.4, 0.5) is 13.2 Å². The molecule has 744 valence electrons. The summed E-state index contributed by atoms with van der Waals surface area (Å²) in [6.07, 6.45) is -7.69. The van der Waals surface area contributed by atoms with Crippen LogP contribution in [0.25, 0.3) is 10.9 Å². The Morgan fingerprint density at radius 1 is 0.482 bits per heavy atom. The van der Waals surface area contributed by atoms with Gasteiger partial charge in [-0.25, -0.2) is 13.2 Å². The number of nitrogens with zero attached hydrogens (tertiary/aromatic N) is 5. The van der Waals surface area contributed by atoms with Gasteiger partial charge in [-0.3, -0.25) is 81.5 Å². The molecule has 7 aromatic rings. The Balaban J connectivity index is 1.07. The number of likely N-dealkylation sites (N-methyl/N-ethyl adjacent to an activating group) is 3. The molecule has 15 amide bonds. The Labute approximate surface area is 801 Å². The maximum atomic E-state index is 15.8. The van der Waals surface area contributed by atoms with Gasteiger partial charge in [0.1, 0.15) is 90.0 Å². The highest BCUT2D eigenvalue weighted by molar-refractivity contribution is 8.00. The largest absolute Gasteiger partial charge is 0.508 e. The number of para-hydroxylation sites is 1. The number of carbonyl (C=O) groups is 17. The molecular formula is C96H115F3N16O23S. The van der Waals surface area contributed by atoms with Crippen LogP contribution < -0.4 is 53.6 Å². The summed E-state index contributed by atoms with van der Waals surface area (Å²) >= 11 is 0.560. The van der Waals surface area contributed by atoms with E-state index >= 15 is 51.9 Å². The highest BCUT2D eigenvalue weighted by atomic mass is 32.2. The molecule has 3 aliphatic heterocycles. The highest BCUT2D eigenvalue weighted by Gasteiger charge is 2.49. The number of carboxylic acids is 2. The molecule has 10 rings (SSSR count). The van der Waals surface area contributed by atoms with Gasteiger partial charge in [0.15, 0.2) is 17.5 Å². The van der Waals surface area contributed by atoms with Crippen LogP contribution in [0.3, 0.4) is 0 Å². The molecular weight excluding hydrogens is 1830 g/mol. The van der Waals surface area contributed by atoms with Crippen LogP contribution in [-0.2, 0) is 120 Å². The van der Waals surface area contributed by atoms with Crippen molar-refractivity contribution in [3.63, 3.8) is 0 Å². The van der Waals surface area contributed by atoms with Crippen LogP contribution in [0.5, 0.6) is 11.5 Å². The topological polar surface area (TPSA) is 578 Å². The molecule has 1 aromatic heterocycles. The van der Waals surface area contributed by atoms with Crippen molar-refractivity contribution in [3.8, 4) is 11.5 Å². The van der Waals surface area contributed by atoms with Crippen molar-refractivity contribution in [2.75, 3.05) is 52.3 Å². The van der Waals surface area contributed by atoms with E-state index in [0.717, 1.165) is 31.5 Å². The molecule has 0 saturated carbocycles. The average molecular weight is 1950 g/mol. The van der Waals surface area contributed by atoms with Crippen molar-refractivity contribution in [2.24, 2.45) is 11.7 Å². The van der Waals surface area contributed by atoms with E-state index in [1.54, 1.807) is 91.9 Å². The number of primary amides is 1. The first-order valence-electron chi connectivity index (χ1n) is 45.1. The minimum Gasteiger partial charge on any atom is -0.508 e. The average Bonchev–Trinajstić information content (AvgIpc) is 1.74. The Kier molecular flexibility index (Phi) is 37.9. The lowest BCUT2D eigenvalue weighted by atomic mass is 9.98. The Morgan fingerprint density at radius 2 is 0.950 bits per heavy atom. The lowest BCUT2D eigenvalue weighted by Gasteiger charge is -2.38. The van der Waals surface area contributed by atoms with E-state index in [-0.39, 0.29) is 42.7 Å². The number of unbranched alkanes of at least 4 members (excludes halogenated alkanes) is 1. The molecule has 3 fully saturated rings.